The standard InChI is InChI=1S/C20H37NO9/c1-25-17(22)8-4-6-11-28-14-20(21,16-30-13-10-19(24)27-3)15-29-12-7-5-9-18(23)26-2/h4-16,21H2,1-3H3. The number of methoxy groups -OCH3 is 3. The van der Waals surface area contributed by atoms with Crippen LogP contribution in [0.25, 0.3) is 0 Å². The molecule has 0 radical (unpaired) electrons. The van der Waals surface area contributed by atoms with Gasteiger partial charge in [0.15, 0.2) is 0 Å². The van der Waals surface area contributed by atoms with E-state index in [1.54, 1.807) is 0 Å². The topological polar surface area (TPSA) is 133 Å². The van der Waals surface area contributed by atoms with Crippen LogP contribution < -0.4 is 5.73 Å². The van der Waals surface area contributed by atoms with Crippen LogP contribution in [0, 0.1) is 0 Å². The van der Waals surface area contributed by atoms with E-state index in [1.807, 2.05) is 0 Å². The number of carbonyl (C=O) groups is 3. The van der Waals surface area contributed by atoms with Gasteiger partial charge < -0.3 is 34.2 Å². The highest BCUT2D eigenvalue weighted by atomic mass is 16.5. The largest absolute Gasteiger partial charge is 0.469 e. The molecule has 2 N–H and O–H groups in total. The van der Waals surface area contributed by atoms with Crippen molar-refractivity contribution in [3.05, 3.63) is 0 Å². The molecule has 0 aromatic heterocycles. The van der Waals surface area contributed by atoms with Crippen LogP contribution in [-0.4, -0.2) is 84.4 Å². The lowest BCUT2D eigenvalue weighted by Gasteiger charge is -2.29. The molecule has 0 unspecified atom stereocenters. The fourth-order valence-corrected chi connectivity index (χ4v) is 2.36. The Kier molecular flexibility index (Phi) is 17.0. The highest BCUT2D eigenvalue weighted by molar-refractivity contribution is 5.69. The lowest BCUT2D eigenvalue weighted by atomic mass is 10.1. The Morgan fingerprint density at radius 1 is 0.600 bits per heavy atom. The van der Waals surface area contributed by atoms with Crippen LogP contribution in [-0.2, 0) is 42.8 Å². The lowest BCUT2D eigenvalue weighted by Crippen LogP contribution is -2.53. The van der Waals surface area contributed by atoms with Crippen molar-refractivity contribution >= 4 is 17.9 Å². The molecule has 10 nitrogen and oxygen atoms in total. The molecule has 0 aliphatic heterocycles. The normalized spacial score (nSPS) is 11.2. The maximum absolute atomic E-state index is 11.2. The van der Waals surface area contributed by atoms with E-state index in [1.165, 1.54) is 21.3 Å². The van der Waals surface area contributed by atoms with Gasteiger partial charge in [0.05, 0.1) is 59.7 Å². The number of hydrogen-bond acceptors (Lipinski definition) is 10. The number of esters is 3. The molecule has 0 saturated heterocycles. The second kappa shape index (κ2) is 18.1. The summed E-state index contributed by atoms with van der Waals surface area (Å²) in [5, 5.41) is 0. The smallest absolute Gasteiger partial charge is 0.307 e. The molecule has 0 fully saturated rings. The van der Waals surface area contributed by atoms with E-state index in [0.29, 0.717) is 51.7 Å². The number of rotatable bonds is 19. The first-order chi connectivity index (χ1) is 14.4. The predicted octanol–water partition coefficient (Wildman–Crippen LogP) is 0.983. The van der Waals surface area contributed by atoms with Crippen molar-refractivity contribution in [2.45, 2.75) is 50.5 Å². The molecule has 0 heterocycles. The van der Waals surface area contributed by atoms with Gasteiger partial charge in [-0.15, -0.1) is 0 Å². The summed E-state index contributed by atoms with van der Waals surface area (Å²) in [5.74, 6) is -0.855. The first-order valence-corrected chi connectivity index (χ1v) is 10.1. The van der Waals surface area contributed by atoms with Crippen molar-refractivity contribution in [3.63, 3.8) is 0 Å². The van der Waals surface area contributed by atoms with E-state index in [0.717, 1.165) is 0 Å². The van der Waals surface area contributed by atoms with Gasteiger partial charge in [0, 0.05) is 26.1 Å². The molecular weight excluding hydrogens is 398 g/mol. The van der Waals surface area contributed by atoms with E-state index in [-0.39, 0.29) is 50.8 Å². The number of unbranched alkanes of at least 4 members (excludes halogenated alkanes) is 2. The van der Waals surface area contributed by atoms with Crippen molar-refractivity contribution < 1.29 is 42.8 Å². The molecular formula is C20H37NO9. The summed E-state index contributed by atoms with van der Waals surface area (Å²) in [7, 11) is 4.03. The van der Waals surface area contributed by atoms with Gasteiger partial charge in [-0.25, -0.2) is 0 Å². The number of carbonyl (C=O) groups excluding carboxylic acids is 3. The minimum Gasteiger partial charge on any atom is -0.469 e. The Bertz CT molecular complexity index is 457. The van der Waals surface area contributed by atoms with Gasteiger partial charge in [-0.2, -0.15) is 0 Å². The number of hydrogen-bond donors (Lipinski definition) is 1. The average Bonchev–Trinajstić information content (AvgIpc) is 2.75. The highest BCUT2D eigenvalue weighted by Crippen LogP contribution is 2.08. The summed E-state index contributed by atoms with van der Waals surface area (Å²) in [4.78, 5) is 33.4. The third-order valence-electron chi connectivity index (χ3n) is 4.14. The summed E-state index contributed by atoms with van der Waals surface area (Å²) in [5.41, 5.74) is 5.49. The maximum atomic E-state index is 11.2. The van der Waals surface area contributed by atoms with Crippen LogP contribution in [0.5, 0.6) is 0 Å². The third kappa shape index (κ3) is 16.1. The molecule has 0 bridgehead atoms. The average molecular weight is 436 g/mol. The Labute approximate surface area is 178 Å². The molecule has 0 aliphatic rings. The second-order valence-electron chi connectivity index (χ2n) is 6.91. The van der Waals surface area contributed by atoms with Crippen LogP contribution >= 0.6 is 0 Å². The second-order valence-corrected chi connectivity index (χ2v) is 6.91. The van der Waals surface area contributed by atoms with E-state index < -0.39 is 5.54 Å². The summed E-state index contributed by atoms with van der Waals surface area (Å²) in [6.45, 7) is 1.61. The first-order valence-electron chi connectivity index (χ1n) is 10.1. The van der Waals surface area contributed by atoms with E-state index in [9.17, 15) is 14.4 Å². The zero-order valence-corrected chi connectivity index (χ0v) is 18.4. The van der Waals surface area contributed by atoms with Crippen LogP contribution in [0.15, 0.2) is 0 Å². The molecule has 176 valence electrons. The number of nitrogens with two attached hydrogens (primary N) is 1. The summed E-state index contributed by atoms with van der Waals surface area (Å²) >= 11 is 0. The number of ether oxygens (including phenoxy) is 6. The zero-order valence-electron chi connectivity index (χ0n) is 18.4. The molecule has 0 atom stereocenters. The molecule has 0 aromatic rings. The van der Waals surface area contributed by atoms with Crippen LogP contribution in [0.1, 0.15) is 44.9 Å². The van der Waals surface area contributed by atoms with Gasteiger partial charge in [-0.05, 0) is 25.7 Å². The summed E-state index contributed by atoms with van der Waals surface area (Å²) in [6.07, 6.45) is 3.55. The minimum absolute atomic E-state index is 0.134. The van der Waals surface area contributed by atoms with Gasteiger partial charge in [0.2, 0.25) is 0 Å². The Morgan fingerprint density at radius 2 is 0.967 bits per heavy atom. The summed E-state index contributed by atoms with van der Waals surface area (Å²) < 4.78 is 30.6. The van der Waals surface area contributed by atoms with E-state index in [2.05, 4.69) is 14.2 Å². The quantitative estimate of drug-likeness (QED) is 0.178. The fraction of sp³-hybridized carbons (Fsp3) is 0.850. The molecule has 0 spiro atoms. The molecule has 10 heteroatoms. The maximum Gasteiger partial charge on any atom is 0.307 e. The molecule has 0 rings (SSSR count). The first kappa shape index (κ1) is 28.2. The van der Waals surface area contributed by atoms with Crippen LogP contribution in [0.4, 0.5) is 0 Å². The molecule has 0 aliphatic carbocycles. The van der Waals surface area contributed by atoms with Crippen molar-refractivity contribution in [3.8, 4) is 0 Å². The van der Waals surface area contributed by atoms with Crippen LogP contribution in [0.2, 0.25) is 0 Å². The highest BCUT2D eigenvalue weighted by Gasteiger charge is 2.26. The van der Waals surface area contributed by atoms with Gasteiger partial charge in [-0.1, -0.05) is 0 Å². The lowest BCUT2D eigenvalue weighted by molar-refractivity contribution is -0.142. The van der Waals surface area contributed by atoms with Crippen LogP contribution in [0.3, 0.4) is 0 Å². The molecule has 0 amide bonds. The zero-order chi connectivity index (χ0) is 22.7. The molecule has 30 heavy (non-hydrogen) atoms. The van der Waals surface area contributed by atoms with Crippen molar-refractivity contribution in [2.75, 3.05) is 61.0 Å². The molecule has 0 saturated carbocycles. The molecule has 0 aromatic carbocycles. The van der Waals surface area contributed by atoms with Gasteiger partial charge in [0.25, 0.3) is 0 Å². The third-order valence-corrected chi connectivity index (χ3v) is 4.14. The van der Waals surface area contributed by atoms with Crippen molar-refractivity contribution in [1.82, 2.24) is 0 Å². The van der Waals surface area contributed by atoms with Gasteiger partial charge >= 0.3 is 17.9 Å². The van der Waals surface area contributed by atoms with E-state index in [4.69, 9.17) is 19.9 Å². The van der Waals surface area contributed by atoms with Gasteiger partial charge in [0.1, 0.15) is 0 Å². The minimum atomic E-state index is -0.888. The van der Waals surface area contributed by atoms with E-state index >= 15 is 0 Å². The van der Waals surface area contributed by atoms with Gasteiger partial charge in [-0.3, -0.25) is 14.4 Å². The van der Waals surface area contributed by atoms with Crippen molar-refractivity contribution in [2.24, 2.45) is 5.73 Å². The predicted molar refractivity (Wildman–Crippen MR) is 108 cm³/mol. The van der Waals surface area contributed by atoms with Crippen molar-refractivity contribution in [1.29, 1.82) is 0 Å². The Balaban J connectivity index is 4.23. The fourth-order valence-electron chi connectivity index (χ4n) is 2.36. The Morgan fingerprint density at radius 3 is 1.37 bits per heavy atom. The summed E-state index contributed by atoms with van der Waals surface area (Å²) in [6, 6.07) is 0. The SMILES string of the molecule is COC(=O)CCCCOCC(N)(COCCCCC(=O)OC)COCCC(=O)OC. The monoisotopic (exact) mass is 435 g/mol. The Hall–Kier alpha value is -1.75.